The van der Waals surface area contributed by atoms with Gasteiger partial charge in [0.05, 0.1) is 5.69 Å². The molecule has 1 saturated heterocycles. The maximum Gasteiger partial charge on any atom is 0.335 e. The van der Waals surface area contributed by atoms with Crippen molar-refractivity contribution in [1.29, 1.82) is 0 Å². The van der Waals surface area contributed by atoms with E-state index in [0.717, 1.165) is 4.90 Å². The number of rotatable bonds is 2. The minimum absolute atomic E-state index is 0.267. The van der Waals surface area contributed by atoms with Gasteiger partial charge in [0.2, 0.25) is 17.7 Å². The number of carbonyl (C=O) groups is 4. The normalized spacial score (nSPS) is 17.5. The van der Waals surface area contributed by atoms with Gasteiger partial charge in [0, 0.05) is 12.6 Å². The van der Waals surface area contributed by atoms with Gasteiger partial charge in [-0.1, -0.05) is 6.07 Å². The Morgan fingerprint density at radius 3 is 2.52 bits per heavy atom. The van der Waals surface area contributed by atoms with Crippen LogP contribution < -0.4 is 15.5 Å². The lowest BCUT2D eigenvalue weighted by Crippen LogP contribution is -2.62. The Morgan fingerprint density at radius 1 is 1.24 bits per heavy atom. The van der Waals surface area contributed by atoms with Crippen LogP contribution in [-0.2, 0) is 14.4 Å². The average molecular weight is 289 g/mol. The molecule has 0 atom stereocenters. The molecule has 1 aliphatic heterocycles. The topological polar surface area (TPSA) is 95.6 Å². The van der Waals surface area contributed by atoms with E-state index in [2.05, 4.69) is 10.6 Å². The van der Waals surface area contributed by atoms with Crippen LogP contribution in [0.3, 0.4) is 0 Å². The highest BCUT2D eigenvalue weighted by Gasteiger charge is 2.47. The molecule has 0 spiro atoms. The number of hydrogen-bond donors (Lipinski definition) is 2. The second-order valence-electron chi connectivity index (χ2n) is 5.26. The molecule has 1 aliphatic rings. The predicted octanol–water partition coefficient (Wildman–Crippen LogP) is 1.25. The number of hydrogen-bond acceptors (Lipinski definition) is 4. The van der Waals surface area contributed by atoms with Crippen molar-refractivity contribution in [2.75, 3.05) is 10.2 Å². The van der Waals surface area contributed by atoms with Crippen LogP contribution in [-0.4, -0.2) is 23.8 Å². The van der Waals surface area contributed by atoms with E-state index >= 15 is 0 Å². The van der Waals surface area contributed by atoms with Crippen LogP contribution >= 0.6 is 0 Å². The maximum absolute atomic E-state index is 12.4. The van der Waals surface area contributed by atoms with Crippen molar-refractivity contribution >= 4 is 35.1 Å². The number of nitrogens with one attached hydrogen (secondary N) is 2. The van der Waals surface area contributed by atoms with Gasteiger partial charge in [-0.2, -0.15) is 0 Å². The first-order chi connectivity index (χ1) is 9.73. The van der Waals surface area contributed by atoms with Gasteiger partial charge in [0.15, 0.2) is 0 Å². The van der Waals surface area contributed by atoms with Crippen molar-refractivity contribution in [1.82, 2.24) is 5.32 Å². The second kappa shape index (κ2) is 5.01. The lowest BCUT2D eigenvalue weighted by Gasteiger charge is -2.34. The molecular weight excluding hydrogens is 274 g/mol. The molecule has 0 aliphatic carbocycles. The van der Waals surface area contributed by atoms with Crippen LogP contribution in [0, 0.1) is 5.41 Å². The number of nitrogens with zero attached hydrogens (tertiary/aromatic N) is 1. The number of imide groups is 2. The fourth-order valence-electron chi connectivity index (χ4n) is 1.94. The number of anilines is 2. The molecule has 21 heavy (non-hydrogen) atoms. The first kappa shape index (κ1) is 14.7. The molecule has 0 saturated carbocycles. The minimum atomic E-state index is -1.34. The summed E-state index contributed by atoms with van der Waals surface area (Å²) in [5, 5.41) is 4.72. The molecule has 0 radical (unpaired) electrons. The molecule has 2 rings (SSSR count). The van der Waals surface area contributed by atoms with Crippen LogP contribution in [0.4, 0.5) is 16.2 Å². The molecule has 1 heterocycles. The third-order valence-corrected chi connectivity index (χ3v) is 3.15. The summed E-state index contributed by atoms with van der Waals surface area (Å²) in [6.45, 7) is 4.25. The number of urea groups is 1. The Morgan fingerprint density at radius 2 is 1.90 bits per heavy atom. The third-order valence-electron chi connectivity index (χ3n) is 3.15. The zero-order chi connectivity index (χ0) is 15.8. The Labute approximate surface area is 121 Å². The molecule has 0 aromatic heterocycles. The van der Waals surface area contributed by atoms with Crippen molar-refractivity contribution in [2.45, 2.75) is 20.8 Å². The van der Waals surface area contributed by atoms with Crippen LogP contribution in [0.1, 0.15) is 20.8 Å². The molecule has 0 bridgehead atoms. The Balaban J connectivity index is 2.40. The van der Waals surface area contributed by atoms with Gasteiger partial charge >= 0.3 is 6.03 Å². The van der Waals surface area contributed by atoms with Gasteiger partial charge in [-0.3, -0.25) is 19.7 Å². The van der Waals surface area contributed by atoms with Crippen LogP contribution in [0.5, 0.6) is 0 Å². The van der Waals surface area contributed by atoms with Crippen molar-refractivity contribution in [3.63, 3.8) is 0 Å². The summed E-state index contributed by atoms with van der Waals surface area (Å²) >= 11 is 0. The minimum Gasteiger partial charge on any atom is -0.326 e. The molecular formula is C14H15N3O4. The molecule has 0 unspecified atom stereocenters. The largest absolute Gasteiger partial charge is 0.335 e. The van der Waals surface area contributed by atoms with Gasteiger partial charge in [-0.25, -0.2) is 9.69 Å². The van der Waals surface area contributed by atoms with Crippen molar-refractivity contribution < 1.29 is 19.2 Å². The van der Waals surface area contributed by atoms with Gasteiger partial charge in [0.25, 0.3) is 0 Å². The van der Waals surface area contributed by atoms with Crippen molar-refractivity contribution in [3.8, 4) is 0 Å². The second-order valence-corrected chi connectivity index (χ2v) is 5.26. The summed E-state index contributed by atoms with van der Waals surface area (Å²) < 4.78 is 0. The van der Waals surface area contributed by atoms with Gasteiger partial charge in [-0.05, 0) is 32.0 Å². The number of carbonyl (C=O) groups excluding carboxylic acids is 4. The Kier molecular flexibility index (Phi) is 3.51. The maximum atomic E-state index is 12.4. The lowest BCUT2D eigenvalue weighted by molar-refractivity contribution is -0.140. The lowest BCUT2D eigenvalue weighted by atomic mass is 9.88. The molecule has 1 aromatic carbocycles. The zero-order valence-corrected chi connectivity index (χ0v) is 11.9. The SMILES string of the molecule is CC(=O)Nc1cccc(N2C(=O)NC(=O)C(C)(C)C2=O)c1. The summed E-state index contributed by atoms with van der Waals surface area (Å²) in [6.07, 6.45) is 0. The summed E-state index contributed by atoms with van der Waals surface area (Å²) in [6, 6.07) is 5.47. The van der Waals surface area contributed by atoms with E-state index in [1.807, 2.05) is 0 Å². The number of benzene rings is 1. The van der Waals surface area contributed by atoms with Crippen molar-refractivity contribution in [2.24, 2.45) is 5.41 Å². The monoisotopic (exact) mass is 289 g/mol. The summed E-state index contributed by atoms with van der Waals surface area (Å²) in [4.78, 5) is 47.9. The van der Waals surface area contributed by atoms with Crippen LogP contribution in [0.25, 0.3) is 0 Å². The third kappa shape index (κ3) is 2.62. The highest BCUT2D eigenvalue weighted by atomic mass is 16.2. The van der Waals surface area contributed by atoms with Gasteiger partial charge in [-0.15, -0.1) is 0 Å². The summed E-state index contributed by atoms with van der Waals surface area (Å²) in [5.41, 5.74) is -0.600. The van der Waals surface area contributed by atoms with E-state index in [1.165, 1.54) is 26.8 Å². The Hall–Kier alpha value is -2.70. The van der Waals surface area contributed by atoms with Crippen LogP contribution in [0.2, 0.25) is 0 Å². The molecule has 5 amide bonds. The molecule has 7 heteroatoms. The molecule has 110 valence electrons. The van der Waals surface area contributed by atoms with E-state index in [1.54, 1.807) is 18.2 Å². The van der Waals surface area contributed by atoms with Crippen molar-refractivity contribution in [3.05, 3.63) is 24.3 Å². The summed E-state index contributed by atoms with van der Waals surface area (Å²) in [5.74, 6) is -1.51. The summed E-state index contributed by atoms with van der Waals surface area (Å²) in [7, 11) is 0. The smallest absolute Gasteiger partial charge is 0.326 e. The molecule has 2 N–H and O–H groups in total. The molecule has 7 nitrogen and oxygen atoms in total. The van der Waals surface area contributed by atoms with E-state index in [0.29, 0.717) is 5.69 Å². The first-order valence-electron chi connectivity index (χ1n) is 6.31. The van der Waals surface area contributed by atoms with E-state index in [-0.39, 0.29) is 11.6 Å². The quantitative estimate of drug-likeness (QED) is 0.801. The van der Waals surface area contributed by atoms with E-state index in [9.17, 15) is 19.2 Å². The first-order valence-corrected chi connectivity index (χ1v) is 6.31. The Bertz CT molecular complexity index is 651. The zero-order valence-electron chi connectivity index (χ0n) is 11.9. The fraction of sp³-hybridized carbons (Fsp3) is 0.286. The fourth-order valence-corrected chi connectivity index (χ4v) is 1.94. The predicted molar refractivity (Wildman–Crippen MR) is 75.6 cm³/mol. The van der Waals surface area contributed by atoms with Gasteiger partial charge in [0.1, 0.15) is 5.41 Å². The van der Waals surface area contributed by atoms with Crippen LogP contribution in [0.15, 0.2) is 24.3 Å². The number of barbiturate groups is 1. The molecule has 1 aromatic rings. The highest BCUT2D eigenvalue weighted by Crippen LogP contribution is 2.29. The van der Waals surface area contributed by atoms with E-state index in [4.69, 9.17) is 0 Å². The highest BCUT2D eigenvalue weighted by molar-refractivity contribution is 6.29. The average Bonchev–Trinajstić information content (AvgIpc) is 2.36. The number of amides is 5. The molecule has 1 fully saturated rings. The van der Waals surface area contributed by atoms with Gasteiger partial charge < -0.3 is 5.32 Å². The van der Waals surface area contributed by atoms with E-state index < -0.39 is 23.3 Å². The standard InChI is InChI=1S/C14H15N3O4/c1-8(18)15-9-5-4-6-10(7-9)17-12(20)14(2,3)11(19)16-13(17)21/h4-7H,1-3H3,(H,15,18)(H,16,19,21).